The Hall–Kier alpha value is -0.610. The Morgan fingerprint density at radius 1 is 1.07 bits per heavy atom. The molecule has 0 aromatic heterocycles. The molecule has 0 bridgehead atoms. The van der Waals surface area contributed by atoms with E-state index in [1.807, 2.05) is 0 Å². The van der Waals surface area contributed by atoms with Gasteiger partial charge in [-0.3, -0.25) is 4.79 Å². The van der Waals surface area contributed by atoms with E-state index in [-0.39, 0.29) is 11.0 Å². The van der Waals surface area contributed by atoms with Crippen molar-refractivity contribution in [3.8, 4) is 0 Å². The van der Waals surface area contributed by atoms with E-state index in [9.17, 15) is 15.0 Å². The van der Waals surface area contributed by atoms with Gasteiger partial charge in [0, 0.05) is 5.54 Å². The molecule has 4 fully saturated rings. The lowest BCUT2D eigenvalue weighted by Crippen LogP contribution is -2.60. The first-order valence-corrected chi connectivity index (χ1v) is 12.7. The minimum atomic E-state index is -0.798. The topological polar surface area (TPSA) is 69.6 Å². The zero-order chi connectivity index (χ0) is 21.9. The van der Waals surface area contributed by atoms with Gasteiger partial charge in [-0.15, -0.1) is 0 Å². The summed E-state index contributed by atoms with van der Waals surface area (Å²) in [5, 5.41) is 24.2. The smallest absolute Gasteiger partial charge is 0.309 e. The van der Waals surface area contributed by atoms with Crippen molar-refractivity contribution in [3.05, 3.63) is 0 Å². The number of rotatable bonds is 5. The van der Waals surface area contributed by atoms with Crippen LogP contribution in [0.25, 0.3) is 0 Å². The minimum Gasteiger partial charge on any atom is -0.481 e. The molecule has 0 aliphatic heterocycles. The van der Waals surface area contributed by atoms with E-state index in [1.165, 1.54) is 44.9 Å². The second kappa shape index (κ2) is 7.76. The number of hydrogen-bond acceptors (Lipinski definition) is 3. The summed E-state index contributed by atoms with van der Waals surface area (Å²) in [6.45, 7) is 13.1. The zero-order valence-electron chi connectivity index (χ0n) is 19.9. The number of nitrogens with one attached hydrogen (secondary N) is 1. The fourth-order valence-electron chi connectivity index (χ4n) is 8.75. The average molecular weight is 420 g/mol. The average Bonchev–Trinajstić information content (AvgIpc) is 2.92. The van der Waals surface area contributed by atoms with Crippen molar-refractivity contribution in [1.82, 2.24) is 5.32 Å². The first kappa shape index (κ1) is 22.6. The van der Waals surface area contributed by atoms with Gasteiger partial charge in [0.25, 0.3) is 0 Å². The third-order valence-corrected chi connectivity index (χ3v) is 10.9. The van der Waals surface area contributed by atoms with E-state index in [0.717, 1.165) is 24.3 Å². The Labute approximate surface area is 183 Å². The van der Waals surface area contributed by atoms with E-state index in [4.69, 9.17) is 0 Å². The first-order chi connectivity index (χ1) is 14.0. The molecular weight excluding hydrogens is 374 g/mol. The first-order valence-electron chi connectivity index (χ1n) is 12.7. The number of carboxylic acids is 1. The van der Waals surface area contributed by atoms with Gasteiger partial charge in [0.05, 0.1) is 12.0 Å². The lowest BCUT2D eigenvalue weighted by molar-refractivity contribution is -0.169. The number of aliphatic carboxylic acids is 1. The highest BCUT2D eigenvalue weighted by atomic mass is 16.4. The van der Waals surface area contributed by atoms with Crippen molar-refractivity contribution >= 4 is 5.97 Å². The lowest BCUT2D eigenvalue weighted by atomic mass is 9.43. The maximum Gasteiger partial charge on any atom is 0.309 e. The van der Waals surface area contributed by atoms with Crippen molar-refractivity contribution in [2.24, 2.45) is 46.3 Å². The van der Waals surface area contributed by atoms with Gasteiger partial charge < -0.3 is 15.5 Å². The molecule has 30 heavy (non-hydrogen) atoms. The molecule has 0 radical (unpaired) electrons. The summed E-state index contributed by atoms with van der Waals surface area (Å²) in [5.41, 5.74) is 0.646. The van der Waals surface area contributed by atoms with Crippen LogP contribution in [-0.4, -0.2) is 34.4 Å². The van der Waals surface area contributed by atoms with Crippen LogP contribution in [0.4, 0.5) is 0 Å². The largest absolute Gasteiger partial charge is 0.481 e. The summed E-state index contributed by atoms with van der Waals surface area (Å²) >= 11 is 0. The molecule has 4 saturated carbocycles. The summed E-state index contributed by atoms with van der Waals surface area (Å²) in [5.74, 6) is 1.95. The van der Waals surface area contributed by atoms with Crippen LogP contribution >= 0.6 is 0 Å². The number of carbonyl (C=O) groups is 1. The molecule has 0 aromatic rings. The zero-order valence-corrected chi connectivity index (χ0v) is 19.9. The molecule has 4 nitrogen and oxygen atoms in total. The molecule has 4 heteroatoms. The Bertz CT molecular complexity index is 665. The van der Waals surface area contributed by atoms with E-state index >= 15 is 0 Å². The SMILES string of the molecule is CC(C)CCNC1(C)CC[C@H]2[C@@H]3CCC4CC(O)C(C(=O)O)C[C@]4(C)[C@@H]3CC[C@@]21C. The van der Waals surface area contributed by atoms with Crippen LogP contribution in [0.15, 0.2) is 0 Å². The van der Waals surface area contributed by atoms with Crippen molar-refractivity contribution in [1.29, 1.82) is 0 Å². The van der Waals surface area contributed by atoms with Gasteiger partial charge in [0.1, 0.15) is 0 Å². The molecular formula is C26H45NO3. The standard InChI is InChI=1S/C26H45NO3/c1-16(2)10-13-27-26(5)12-9-21-18-7-6-17-14-22(28)19(23(29)30)15-24(17,3)20(18)8-11-25(21,26)4/h16-22,27-28H,6-15H2,1-5H3,(H,29,30)/t17?,18-,19?,20-,21+,22?,24+,25+,26?/m1/s1. The van der Waals surface area contributed by atoms with Crippen LogP contribution in [0.2, 0.25) is 0 Å². The molecule has 172 valence electrons. The Balaban J connectivity index is 1.54. The summed E-state index contributed by atoms with van der Waals surface area (Å²) in [6, 6.07) is 0. The molecule has 4 unspecified atom stereocenters. The summed E-state index contributed by atoms with van der Waals surface area (Å²) in [7, 11) is 0. The highest BCUT2D eigenvalue weighted by Crippen LogP contribution is 2.68. The van der Waals surface area contributed by atoms with Crippen LogP contribution in [0, 0.1) is 46.3 Å². The third kappa shape index (κ3) is 3.36. The van der Waals surface area contributed by atoms with Gasteiger partial charge in [-0.25, -0.2) is 0 Å². The molecule has 4 aliphatic carbocycles. The highest BCUT2D eigenvalue weighted by Gasteiger charge is 2.64. The predicted octanol–water partition coefficient (Wildman–Crippen LogP) is 5.10. The Morgan fingerprint density at radius 3 is 2.43 bits per heavy atom. The van der Waals surface area contributed by atoms with Gasteiger partial charge in [-0.2, -0.15) is 0 Å². The van der Waals surface area contributed by atoms with Gasteiger partial charge >= 0.3 is 5.97 Å². The van der Waals surface area contributed by atoms with Crippen molar-refractivity contribution < 1.29 is 15.0 Å². The number of hydrogen-bond donors (Lipinski definition) is 3. The lowest BCUT2D eigenvalue weighted by Gasteiger charge is -2.62. The van der Waals surface area contributed by atoms with Crippen LogP contribution < -0.4 is 5.32 Å². The molecule has 0 saturated heterocycles. The molecule has 4 aliphatic rings. The van der Waals surface area contributed by atoms with Crippen molar-refractivity contribution in [2.75, 3.05) is 6.54 Å². The molecule has 0 spiro atoms. The predicted molar refractivity (Wildman–Crippen MR) is 120 cm³/mol. The summed E-state index contributed by atoms with van der Waals surface area (Å²) < 4.78 is 0. The monoisotopic (exact) mass is 419 g/mol. The van der Waals surface area contributed by atoms with E-state index in [0.29, 0.717) is 30.1 Å². The van der Waals surface area contributed by atoms with Crippen LogP contribution in [0.3, 0.4) is 0 Å². The van der Waals surface area contributed by atoms with E-state index in [2.05, 4.69) is 39.9 Å². The van der Waals surface area contributed by atoms with Crippen LogP contribution in [0.1, 0.15) is 92.4 Å². The number of fused-ring (bicyclic) bond motifs is 5. The van der Waals surface area contributed by atoms with Gasteiger partial charge in [0.15, 0.2) is 0 Å². The minimum absolute atomic E-state index is 0.0800. The van der Waals surface area contributed by atoms with Crippen molar-refractivity contribution in [2.45, 2.75) is 104 Å². The maximum absolute atomic E-state index is 11.8. The molecule has 9 atom stereocenters. The van der Waals surface area contributed by atoms with Gasteiger partial charge in [-0.05, 0) is 112 Å². The molecule has 3 N–H and O–H groups in total. The fourth-order valence-corrected chi connectivity index (χ4v) is 8.75. The summed E-state index contributed by atoms with van der Waals surface area (Å²) in [6.07, 6.45) is 9.45. The quantitative estimate of drug-likeness (QED) is 0.580. The highest BCUT2D eigenvalue weighted by molar-refractivity contribution is 5.71. The Morgan fingerprint density at radius 2 is 1.77 bits per heavy atom. The number of carboxylic acid groups (broad SMARTS) is 1. The number of aliphatic hydroxyl groups excluding tert-OH is 1. The number of aliphatic hydroxyl groups is 1. The van der Waals surface area contributed by atoms with Gasteiger partial charge in [-0.1, -0.05) is 27.7 Å². The Kier molecular flexibility index (Phi) is 5.84. The molecule has 0 heterocycles. The second-order valence-electron chi connectivity index (χ2n) is 12.5. The summed E-state index contributed by atoms with van der Waals surface area (Å²) in [4.78, 5) is 11.8. The maximum atomic E-state index is 11.8. The normalized spacial score (nSPS) is 50.6. The molecule has 4 rings (SSSR count). The van der Waals surface area contributed by atoms with Crippen LogP contribution in [0.5, 0.6) is 0 Å². The van der Waals surface area contributed by atoms with Crippen molar-refractivity contribution in [3.63, 3.8) is 0 Å². The van der Waals surface area contributed by atoms with E-state index in [1.54, 1.807) is 0 Å². The molecule has 0 amide bonds. The fraction of sp³-hybridized carbons (Fsp3) is 0.962. The third-order valence-electron chi connectivity index (χ3n) is 10.9. The van der Waals surface area contributed by atoms with Gasteiger partial charge in [0.2, 0.25) is 0 Å². The molecule has 0 aromatic carbocycles. The van der Waals surface area contributed by atoms with Crippen LogP contribution in [-0.2, 0) is 4.79 Å². The van der Waals surface area contributed by atoms with E-state index < -0.39 is 18.0 Å². The second-order valence-corrected chi connectivity index (χ2v) is 12.5.